The third kappa shape index (κ3) is 6.54. The molecule has 0 bridgehead atoms. The van der Waals surface area contributed by atoms with E-state index in [9.17, 15) is 18.0 Å². The number of Topliss-reactive ketones (excluding diaryl/α,β-unsaturated/α-hetero) is 1. The van der Waals surface area contributed by atoms with Gasteiger partial charge in [-0.2, -0.15) is 0 Å². The van der Waals surface area contributed by atoms with Gasteiger partial charge in [0, 0.05) is 29.7 Å². The van der Waals surface area contributed by atoms with E-state index in [0.717, 1.165) is 18.1 Å². The minimum atomic E-state index is -1.44. The number of carbonyl (C=O) groups is 1. The molecule has 0 aromatic heterocycles. The van der Waals surface area contributed by atoms with Crippen LogP contribution in [0.4, 0.5) is 17.6 Å². The molecule has 0 saturated carbocycles. The first-order valence-corrected chi connectivity index (χ1v) is 12.0. The normalized spacial score (nSPS) is 16.8. The van der Waals surface area contributed by atoms with E-state index in [-0.39, 0.29) is 24.3 Å². The lowest BCUT2D eigenvalue weighted by Crippen LogP contribution is -2.28. The summed E-state index contributed by atoms with van der Waals surface area (Å²) in [5.41, 5.74) is -0.0658. The van der Waals surface area contributed by atoms with Crippen molar-refractivity contribution in [2.24, 2.45) is 5.92 Å². The summed E-state index contributed by atoms with van der Waals surface area (Å²) < 4.78 is 66.4. The largest absolute Gasteiger partial charge is 0.493 e. The molecule has 0 saturated heterocycles. The fourth-order valence-electron chi connectivity index (χ4n) is 4.76. The monoisotopic (exact) mass is 495 g/mol. The Bertz CT molecular complexity index is 1050. The Balaban J connectivity index is 1.44. The van der Waals surface area contributed by atoms with Gasteiger partial charge >= 0.3 is 0 Å². The molecule has 3 rings (SSSR count). The van der Waals surface area contributed by atoms with Crippen molar-refractivity contribution < 1.29 is 31.8 Å². The summed E-state index contributed by atoms with van der Waals surface area (Å²) in [5.74, 6) is -2.49. The molecule has 0 radical (unpaired) electrons. The van der Waals surface area contributed by atoms with Crippen molar-refractivity contribution in [3.63, 3.8) is 0 Å². The van der Waals surface area contributed by atoms with Crippen LogP contribution in [0.15, 0.2) is 24.3 Å². The Morgan fingerprint density at radius 3 is 2.43 bits per heavy atom. The lowest BCUT2D eigenvalue weighted by atomic mass is 9.84. The van der Waals surface area contributed by atoms with E-state index in [2.05, 4.69) is 5.32 Å². The summed E-state index contributed by atoms with van der Waals surface area (Å²) in [6.07, 6.45) is 3.43. The molecule has 0 spiro atoms. The number of fused-ring (bicyclic) bond motifs is 1. The average molecular weight is 496 g/mol. The number of unbranched alkanes of at least 4 members (excludes halogenated alkanes) is 2. The number of ether oxygens (including phenoxy) is 2. The molecule has 2 aromatic rings. The van der Waals surface area contributed by atoms with Gasteiger partial charge in [0.1, 0.15) is 11.5 Å². The Morgan fingerprint density at radius 1 is 1.03 bits per heavy atom. The predicted molar refractivity (Wildman–Crippen MR) is 126 cm³/mol. The van der Waals surface area contributed by atoms with Crippen molar-refractivity contribution in [2.45, 2.75) is 64.1 Å². The van der Waals surface area contributed by atoms with E-state index in [0.29, 0.717) is 61.8 Å². The van der Waals surface area contributed by atoms with Gasteiger partial charge < -0.3 is 14.8 Å². The average Bonchev–Trinajstić information content (AvgIpc) is 3.14. The first kappa shape index (κ1) is 27.0. The van der Waals surface area contributed by atoms with Crippen molar-refractivity contribution in [1.29, 1.82) is 0 Å². The number of halogens is 4. The molecular formula is C27H33F4NO3. The molecule has 1 aliphatic rings. The zero-order valence-electron chi connectivity index (χ0n) is 20.5. The quantitative estimate of drug-likeness (QED) is 0.200. The van der Waals surface area contributed by atoms with Gasteiger partial charge in [0.2, 0.25) is 0 Å². The van der Waals surface area contributed by atoms with Gasteiger partial charge in [-0.05, 0) is 62.4 Å². The third-order valence-electron chi connectivity index (χ3n) is 6.82. The second-order valence-electron chi connectivity index (χ2n) is 9.19. The van der Waals surface area contributed by atoms with Gasteiger partial charge in [-0.25, -0.2) is 17.6 Å². The molecule has 2 atom stereocenters. The smallest absolute Gasteiger partial charge is 0.166 e. The number of hydrogen-bond acceptors (Lipinski definition) is 4. The Hall–Kier alpha value is -2.61. The van der Waals surface area contributed by atoms with Gasteiger partial charge in [-0.15, -0.1) is 0 Å². The van der Waals surface area contributed by atoms with Crippen LogP contribution in [0.25, 0.3) is 0 Å². The summed E-state index contributed by atoms with van der Waals surface area (Å²) in [6, 6.07) is 4.97. The van der Waals surface area contributed by atoms with E-state index < -0.39 is 29.0 Å². The number of nitrogens with one attached hydrogen (secondary N) is 1. The summed E-state index contributed by atoms with van der Waals surface area (Å²) in [7, 11) is 3.05. The number of carbonyl (C=O) groups excluding carboxylic acids is 1. The van der Waals surface area contributed by atoms with Crippen molar-refractivity contribution in [1.82, 2.24) is 5.32 Å². The molecular weight excluding hydrogens is 462 g/mol. The minimum Gasteiger partial charge on any atom is -0.493 e. The van der Waals surface area contributed by atoms with Crippen LogP contribution in [-0.2, 0) is 13.0 Å². The molecule has 0 aliphatic heterocycles. The van der Waals surface area contributed by atoms with Crippen LogP contribution >= 0.6 is 0 Å². The molecule has 8 heteroatoms. The van der Waals surface area contributed by atoms with Gasteiger partial charge in [-0.1, -0.05) is 19.8 Å². The number of alkyl halides is 1. The van der Waals surface area contributed by atoms with Crippen LogP contribution in [0.1, 0.15) is 66.9 Å². The molecule has 0 heterocycles. The Labute approximate surface area is 204 Å². The van der Waals surface area contributed by atoms with E-state index in [1.54, 1.807) is 19.1 Å². The molecule has 4 nitrogen and oxygen atoms in total. The summed E-state index contributed by atoms with van der Waals surface area (Å²) in [6.45, 7) is 2.33. The van der Waals surface area contributed by atoms with Crippen LogP contribution in [0.5, 0.6) is 11.5 Å². The molecule has 192 valence electrons. The highest BCUT2D eigenvalue weighted by atomic mass is 19.2. The lowest BCUT2D eigenvalue weighted by Gasteiger charge is -2.26. The van der Waals surface area contributed by atoms with Crippen LogP contribution in [0, 0.1) is 23.4 Å². The van der Waals surface area contributed by atoms with Crippen LogP contribution in [0.2, 0.25) is 0 Å². The van der Waals surface area contributed by atoms with Gasteiger partial charge in [0.05, 0.1) is 14.2 Å². The van der Waals surface area contributed by atoms with E-state index in [1.165, 1.54) is 14.2 Å². The zero-order chi connectivity index (χ0) is 25.6. The fraction of sp³-hybridized carbons (Fsp3) is 0.519. The Kier molecular flexibility index (Phi) is 9.16. The number of rotatable bonds is 13. The van der Waals surface area contributed by atoms with Crippen LogP contribution < -0.4 is 14.8 Å². The maximum atomic E-state index is 15.6. The number of benzene rings is 2. The van der Waals surface area contributed by atoms with Gasteiger partial charge in [0.15, 0.2) is 28.9 Å². The highest BCUT2D eigenvalue weighted by Gasteiger charge is 2.39. The molecule has 2 aromatic carbocycles. The molecule has 2 unspecified atom stereocenters. The molecule has 0 fully saturated rings. The number of hydrogen-bond donors (Lipinski definition) is 1. The topological polar surface area (TPSA) is 47.6 Å². The van der Waals surface area contributed by atoms with Crippen LogP contribution in [0.3, 0.4) is 0 Å². The van der Waals surface area contributed by atoms with E-state index >= 15 is 4.39 Å². The minimum absolute atomic E-state index is 0.0163. The standard InChI is InChI=1S/C27H33F4NO3/c1-4-27(31,8-6-5-7-9-32-16-19-11-20(28)13-22(29)25(19)30)15-18-10-17-12-23(34-2)24(35-3)14-21(17)26(18)33/h11-14,18,32H,4-10,15-16H2,1-3H3. The maximum absolute atomic E-state index is 15.6. The van der Waals surface area contributed by atoms with Crippen molar-refractivity contribution in [2.75, 3.05) is 20.8 Å². The third-order valence-corrected chi connectivity index (χ3v) is 6.82. The fourth-order valence-corrected chi connectivity index (χ4v) is 4.76. The number of methoxy groups -OCH3 is 2. The number of ketones is 1. The van der Waals surface area contributed by atoms with Crippen molar-refractivity contribution in [3.05, 3.63) is 58.4 Å². The van der Waals surface area contributed by atoms with Gasteiger partial charge in [-0.3, -0.25) is 4.79 Å². The maximum Gasteiger partial charge on any atom is 0.166 e. The summed E-state index contributed by atoms with van der Waals surface area (Å²) in [4.78, 5) is 12.9. The highest BCUT2D eigenvalue weighted by Crippen LogP contribution is 2.41. The predicted octanol–water partition coefficient (Wildman–Crippen LogP) is 6.33. The van der Waals surface area contributed by atoms with Crippen molar-refractivity contribution >= 4 is 5.78 Å². The second kappa shape index (κ2) is 11.9. The zero-order valence-corrected chi connectivity index (χ0v) is 20.5. The van der Waals surface area contributed by atoms with Crippen molar-refractivity contribution in [3.8, 4) is 11.5 Å². The molecule has 0 amide bonds. The van der Waals surface area contributed by atoms with E-state index in [4.69, 9.17) is 9.47 Å². The summed E-state index contributed by atoms with van der Waals surface area (Å²) >= 11 is 0. The van der Waals surface area contributed by atoms with E-state index in [1.807, 2.05) is 0 Å². The SMILES string of the molecule is CCC(F)(CCCCCNCc1cc(F)cc(F)c1F)CC1Cc2cc(OC)c(OC)cc2C1=O. The summed E-state index contributed by atoms with van der Waals surface area (Å²) in [5, 5.41) is 2.97. The first-order chi connectivity index (χ1) is 16.7. The molecule has 1 aliphatic carbocycles. The molecule has 1 N–H and O–H groups in total. The second-order valence-corrected chi connectivity index (χ2v) is 9.19. The van der Waals surface area contributed by atoms with Gasteiger partial charge in [0.25, 0.3) is 0 Å². The highest BCUT2D eigenvalue weighted by molar-refractivity contribution is 6.03. The molecule has 35 heavy (non-hydrogen) atoms. The lowest BCUT2D eigenvalue weighted by molar-refractivity contribution is 0.0760. The van der Waals surface area contributed by atoms with Crippen LogP contribution in [-0.4, -0.2) is 32.2 Å². The first-order valence-electron chi connectivity index (χ1n) is 12.0. The Morgan fingerprint density at radius 2 is 1.74 bits per heavy atom.